The van der Waals surface area contributed by atoms with Crippen LogP contribution in [-0.2, 0) is 11.0 Å². The van der Waals surface area contributed by atoms with E-state index in [0.29, 0.717) is 32.9 Å². The van der Waals surface area contributed by atoms with Crippen LogP contribution in [0.2, 0.25) is 0 Å². The van der Waals surface area contributed by atoms with E-state index in [-0.39, 0.29) is 11.4 Å². The summed E-state index contributed by atoms with van der Waals surface area (Å²) in [5.74, 6) is -0.676. The third kappa shape index (κ3) is 4.10. The first kappa shape index (κ1) is 22.9. The lowest BCUT2D eigenvalue weighted by Gasteiger charge is -2.20. The van der Waals surface area contributed by atoms with Gasteiger partial charge in [-0.05, 0) is 61.5 Å². The normalized spacial score (nSPS) is 17.1. The molecule has 3 aromatic rings. The van der Waals surface area contributed by atoms with Crippen LogP contribution in [0.25, 0.3) is 11.8 Å². The first-order valence-corrected chi connectivity index (χ1v) is 11.4. The molecule has 0 saturated heterocycles. The van der Waals surface area contributed by atoms with E-state index >= 15 is 0 Å². The lowest BCUT2D eigenvalue weighted by Crippen LogP contribution is -2.35. The summed E-state index contributed by atoms with van der Waals surface area (Å²) < 4.78 is 41.3. The van der Waals surface area contributed by atoms with Crippen LogP contribution in [0.4, 0.5) is 13.2 Å². The fraction of sp³-hybridized carbons (Fsp3) is 0.120. The van der Waals surface area contributed by atoms with Crippen LogP contribution in [0.15, 0.2) is 76.3 Å². The molecule has 2 aliphatic rings. The maximum atomic E-state index is 13.2. The molecule has 35 heavy (non-hydrogen) atoms. The van der Waals surface area contributed by atoms with Crippen LogP contribution in [0.5, 0.6) is 0 Å². The van der Waals surface area contributed by atoms with E-state index in [1.807, 2.05) is 30.3 Å². The zero-order valence-electron chi connectivity index (χ0n) is 18.6. The SMILES string of the molecule is Cc1cc(C=C2C(=N)N3N=C(c4ccccc4)SC3=NC2=O)c(C)n1-c1cccc(C(F)(F)F)c1. The van der Waals surface area contributed by atoms with Crippen LogP contribution in [0.1, 0.15) is 28.1 Å². The Morgan fingerprint density at radius 3 is 2.49 bits per heavy atom. The van der Waals surface area contributed by atoms with Gasteiger partial charge in [0.1, 0.15) is 5.04 Å². The van der Waals surface area contributed by atoms with Crippen LogP contribution in [-0.4, -0.2) is 31.5 Å². The Morgan fingerprint density at radius 2 is 1.77 bits per heavy atom. The highest BCUT2D eigenvalue weighted by Gasteiger charge is 2.36. The second-order valence-corrected chi connectivity index (χ2v) is 8.96. The molecule has 0 spiro atoms. The molecule has 0 radical (unpaired) electrons. The Morgan fingerprint density at radius 1 is 1.03 bits per heavy atom. The number of aryl methyl sites for hydroxylation is 1. The van der Waals surface area contributed by atoms with Crippen LogP contribution in [0, 0.1) is 19.3 Å². The first-order valence-electron chi connectivity index (χ1n) is 10.6. The monoisotopic (exact) mass is 493 g/mol. The van der Waals surface area contributed by atoms with Crippen molar-refractivity contribution >= 4 is 39.8 Å². The molecule has 0 bridgehead atoms. The van der Waals surface area contributed by atoms with Crippen molar-refractivity contribution in [3.05, 3.63) is 94.3 Å². The van der Waals surface area contributed by atoms with Gasteiger partial charge in [0, 0.05) is 22.6 Å². The van der Waals surface area contributed by atoms with Crippen molar-refractivity contribution in [2.24, 2.45) is 10.1 Å². The minimum Gasteiger partial charge on any atom is -0.318 e. The first-order chi connectivity index (χ1) is 16.6. The molecule has 0 atom stereocenters. The predicted octanol–water partition coefficient (Wildman–Crippen LogP) is 5.78. The topological polar surface area (TPSA) is 73.8 Å². The largest absolute Gasteiger partial charge is 0.416 e. The Labute approximate surface area is 203 Å². The van der Waals surface area contributed by atoms with Crippen molar-refractivity contribution in [3.8, 4) is 5.69 Å². The molecule has 176 valence electrons. The Hall–Kier alpha value is -3.92. The second-order valence-electron chi connectivity index (χ2n) is 8.00. The summed E-state index contributed by atoms with van der Waals surface area (Å²) in [7, 11) is 0. The van der Waals surface area contributed by atoms with E-state index in [0.717, 1.165) is 17.7 Å². The number of aliphatic imine (C=N–C) groups is 1. The van der Waals surface area contributed by atoms with E-state index < -0.39 is 17.6 Å². The number of benzene rings is 2. The van der Waals surface area contributed by atoms with Crippen molar-refractivity contribution in [2.45, 2.75) is 20.0 Å². The third-order valence-electron chi connectivity index (χ3n) is 5.68. The molecular weight excluding hydrogens is 475 g/mol. The summed E-state index contributed by atoms with van der Waals surface area (Å²) in [6.45, 7) is 3.52. The van der Waals surface area contributed by atoms with Crippen molar-refractivity contribution in [3.63, 3.8) is 0 Å². The number of nitrogens with zero attached hydrogens (tertiary/aromatic N) is 4. The molecule has 1 amide bonds. The van der Waals surface area contributed by atoms with Crippen molar-refractivity contribution in [2.75, 3.05) is 0 Å². The van der Waals surface area contributed by atoms with Gasteiger partial charge < -0.3 is 4.57 Å². The Kier molecular flexibility index (Phi) is 5.47. The number of carbonyl (C=O) groups is 1. The summed E-state index contributed by atoms with van der Waals surface area (Å²) in [4.78, 5) is 16.9. The molecule has 1 aromatic heterocycles. The number of alkyl halides is 3. The average molecular weight is 494 g/mol. The van der Waals surface area contributed by atoms with Gasteiger partial charge in [0.25, 0.3) is 5.91 Å². The predicted molar refractivity (Wildman–Crippen MR) is 131 cm³/mol. The summed E-state index contributed by atoms with van der Waals surface area (Å²) in [5.41, 5.74) is 2.44. The van der Waals surface area contributed by atoms with E-state index in [2.05, 4.69) is 10.1 Å². The highest BCUT2D eigenvalue weighted by molar-refractivity contribution is 8.27. The summed E-state index contributed by atoms with van der Waals surface area (Å²) in [5, 5.41) is 15.3. The molecule has 2 aliphatic heterocycles. The third-order valence-corrected chi connectivity index (χ3v) is 6.63. The van der Waals surface area contributed by atoms with Gasteiger partial charge in [-0.25, -0.2) is 0 Å². The standard InChI is InChI=1S/C25H18F3N5OS/c1-14-11-17(15(2)32(14)19-10-6-9-18(13-19)25(26,27)28)12-20-21(29)33-24(30-22(20)34)35-23(31-33)16-7-4-3-5-8-16/h3-13,29H,1-2H3. The van der Waals surface area contributed by atoms with Gasteiger partial charge in [0.2, 0.25) is 5.17 Å². The van der Waals surface area contributed by atoms with E-state index in [1.165, 1.54) is 28.9 Å². The number of amidine groups is 2. The smallest absolute Gasteiger partial charge is 0.318 e. The summed E-state index contributed by atoms with van der Waals surface area (Å²) >= 11 is 1.21. The second kappa shape index (κ2) is 8.38. The number of amides is 1. The quantitative estimate of drug-likeness (QED) is 0.470. The Bertz CT molecular complexity index is 1470. The van der Waals surface area contributed by atoms with E-state index in [4.69, 9.17) is 5.41 Å². The van der Waals surface area contributed by atoms with Crippen molar-refractivity contribution in [1.82, 2.24) is 9.58 Å². The van der Waals surface area contributed by atoms with Crippen molar-refractivity contribution in [1.29, 1.82) is 5.41 Å². The van der Waals surface area contributed by atoms with Crippen LogP contribution < -0.4 is 0 Å². The number of hydrogen-bond acceptors (Lipinski definition) is 4. The number of rotatable bonds is 3. The molecule has 1 N–H and O–H groups in total. The Balaban J connectivity index is 1.51. The van der Waals surface area contributed by atoms with E-state index in [1.54, 1.807) is 30.5 Å². The van der Waals surface area contributed by atoms with Gasteiger partial charge in [0.15, 0.2) is 5.84 Å². The number of nitrogens with one attached hydrogen (secondary N) is 1. The van der Waals surface area contributed by atoms with Gasteiger partial charge in [-0.1, -0.05) is 36.4 Å². The highest BCUT2D eigenvalue weighted by Crippen LogP contribution is 2.33. The van der Waals surface area contributed by atoms with Gasteiger partial charge >= 0.3 is 6.18 Å². The molecule has 10 heteroatoms. The number of fused-ring (bicyclic) bond motifs is 1. The van der Waals surface area contributed by atoms with Gasteiger partial charge in [-0.15, -0.1) is 0 Å². The minimum absolute atomic E-state index is 0.0525. The fourth-order valence-corrected chi connectivity index (χ4v) is 4.89. The maximum Gasteiger partial charge on any atom is 0.416 e. The summed E-state index contributed by atoms with van der Waals surface area (Å²) in [6, 6.07) is 16.2. The molecule has 2 aromatic carbocycles. The molecular formula is C25H18F3N5OS. The molecule has 5 rings (SSSR count). The molecule has 0 fully saturated rings. The van der Waals surface area contributed by atoms with Crippen LogP contribution >= 0.6 is 11.8 Å². The number of aromatic nitrogens is 1. The van der Waals surface area contributed by atoms with Gasteiger partial charge in [-0.2, -0.15) is 28.3 Å². The minimum atomic E-state index is -4.46. The number of thioether (sulfide) groups is 1. The van der Waals surface area contributed by atoms with E-state index in [9.17, 15) is 18.0 Å². The number of hydrogen-bond donors (Lipinski definition) is 1. The number of carbonyl (C=O) groups excluding carboxylic acids is 1. The zero-order valence-corrected chi connectivity index (χ0v) is 19.4. The lowest BCUT2D eigenvalue weighted by atomic mass is 10.1. The van der Waals surface area contributed by atoms with Gasteiger partial charge in [-0.3, -0.25) is 10.2 Å². The summed E-state index contributed by atoms with van der Waals surface area (Å²) in [6.07, 6.45) is -2.92. The zero-order chi connectivity index (χ0) is 24.9. The average Bonchev–Trinajstić information content (AvgIpc) is 3.37. The molecule has 0 aliphatic carbocycles. The molecule has 3 heterocycles. The fourth-order valence-electron chi connectivity index (χ4n) is 4.00. The highest BCUT2D eigenvalue weighted by atomic mass is 32.2. The van der Waals surface area contributed by atoms with Crippen molar-refractivity contribution < 1.29 is 18.0 Å². The number of hydrazone groups is 1. The lowest BCUT2D eigenvalue weighted by molar-refractivity contribution is -0.137. The van der Waals surface area contributed by atoms with Crippen LogP contribution in [0.3, 0.4) is 0 Å². The molecule has 0 unspecified atom stereocenters. The van der Waals surface area contributed by atoms with Gasteiger partial charge in [0.05, 0.1) is 11.1 Å². The molecule has 6 nitrogen and oxygen atoms in total. The number of halogens is 3. The molecule has 0 saturated carbocycles. The maximum absolute atomic E-state index is 13.2.